The Kier molecular flexibility index (Phi) is 7.61. The molecule has 26 heavy (non-hydrogen) atoms. The van der Waals surface area contributed by atoms with E-state index < -0.39 is 10.0 Å². The monoisotopic (exact) mass is 382 g/mol. The lowest BCUT2D eigenvalue weighted by atomic mass is 10.1. The molecule has 1 heterocycles. The maximum absolute atomic E-state index is 12.8. The van der Waals surface area contributed by atoms with Crippen molar-refractivity contribution in [2.75, 3.05) is 19.7 Å². The summed E-state index contributed by atoms with van der Waals surface area (Å²) in [5, 5.41) is 2.82. The Bertz CT molecular complexity index is 686. The summed E-state index contributed by atoms with van der Waals surface area (Å²) in [6.45, 7) is 7.57. The highest BCUT2D eigenvalue weighted by molar-refractivity contribution is 7.89. The van der Waals surface area contributed by atoms with E-state index in [1.807, 2.05) is 20.8 Å². The van der Waals surface area contributed by atoms with Gasteiger partial charge in [0.1, 0.15) is 0 Å². The third-order valence-corrected chi connectivity index (χ3v) is 6.55. The minimum atomic E-state index is -3.50. The second kappa shape index (κ2) is 9.48. The summed E-state index contributed by atoms with van der Waals surface area (Å²) in [4.78, 5) is 12.4. The molecule has 0 saturated carbocycles. The third-order valence-electron chi connectivity index (χ3n) is 4.52. The zero-order chi connectivity index (χ0) is 19.2. The van der Waals surface area contributed by atoms with Gasteiger partial charge < -0.3 is 10.1 Å². The van der Waals surface area contributed by atoms with Crippen molar-refractivity contribution in [3.05, 3.63) is 29.8 Å². The fraction of sp³-hybridized carbons (Fsp3) is 0.632. The van der Waals surface area contributed by atoms with Gasteiger partial charge in [-0.25, -0.2) is 8.42 Å². The van der Waals surface area contributed by atoms with E-state index in [0.717, 1.165) is 25.7 Å². The van der Waals surface area contributed by atoms with Crippen LogP contribution in [0.15, 0.2) is 29.2 Å². The van der Waals surface area contributed by atoms with E-state index in [4.69, 9.17) is 4.74 Å². The second-order valence-electron chi connectivity index (χ2n) is 7.01. The molecular formula is C19H30N2O4S. The summed E-state index contributed by atoms with van der Waals surface area (Å²) in [6.07, 6.45) is 3.77. The summed E-state index contributed by atoms with van der Waals surface area (Å²) in [5.74, 6) is -0.204. The molecule has 6 nitrogen and oxygen atoms in total. The lowest BCUT2D eigenvalue weighted by Gasteiger charge is -2.32. The number of nitrogens with one attached hydrogen (secondary N) is 1. The molecule has 2 rings (SSSR count). The molecule has 0 radical (unpaired) electrons. The van der Waals surface area contributed by atoms with Gasteiger partial charge in [-0.05, 0) is 64.3 Å². The Morgan fingerprint density at radius 3 is 2.58 bits per heavy atom. The highest BCUT2D eigenvalue weighted by atomic mass is 32.2. The van der Waals surface area contributed by atoms with E-state index in [2.05, 4.69) is 5.32 Å². The predicted octanol–water partition coefficient (Wildman–Crippen LogP) is 2.79. The minimum absolute atomic E-state index is 0.0183. The first-order valence-corrected chi connectivity index (χ1v) is 10.8. The summed E-state index contributed by atoms with van der Waals surface area (Å²) < 4.78 is 32.6. The van der Waals surface area contributed by atoms with Crippen LogP contribution in [0.3, 0.4) is 0 Å². The van der Waals surface area contributed by atoms with E-state index in [1.54, 1.807) is 16.4 Å². The average molecular weight is 383 g/mol. The zero-order valence-electron chi connectivity index (χ0n) is 15.9. The van der Waals surface area contributed by atoms with Crippen molar-refractivity contribution in [1.82, 2.24) is 9.62 Å². The van der Waals surface area contributed by atoms with Crippen LogP contribution in [-0.2, 0) is 14.8 Å². The van der Waals surface area contributed by atoms with Gasteiger partial charge >= 0.3 is 0 Å². The van der Waals surface area contributed by atoms with Gasteiger partial charge in [0.25, 0.3) is 5.91 Å². The number of amides is 1. The molecule has 1 aromatic rings. The number of carbonyl (C=O) groups is 1. The molecule has 1 saturated heterocycles. The molecular weight excluding hydrogens is 352 g/mol. The highest BCUT2D eigenvalue weighted by Gasteiger charge is 2.30. The van der Waals surface area contributed by atoms with Gasteiger partial charge in [0.15, 0.2) is 0 Å². The maximum atomic E-state index is 12.8. The van der Waals surface area contributed by atoms with E-state index in [1.165, 1.54) is 12.1 Å². The first kappa shape index (κ1) is 20.9. The molecule has 1 N–H and O–H groups in total. The SMILES string of the molecule is CC(C)OCCCNC(=O)c1ccc(S(=O)(=O)N2CCCCC2C)cc1. The molecule has 1 aliphatic heterocycles. The van der Waals surface area contributed by atoms with E-state index in [0.29, 0.717) is 25.3 Å². The Morgan fingerprint density at radius 2 is 1.96 bits per heavy atom. The molecule has 1 amide bonds. The molecule has 0 spiro atoms. The fourth-order valence-electron chi connectivity index (χ4n) is 3.04. The molecule has 1 aliphatic rings. The first-order valence-electron chi connectivity index (χ1n) is 9.34. The second-order valence-corrected chi connectivity index (χ2v) is 8.90. The van der Waals surface area contributed by atoms with Crippen molar-refractivity contribution in [1.29, 1.82) is 0 Å². The Balaban J connectivity index is 1.93. The van der Waals surface area contributed by atoms with E-state index >= 15 is 0 Å². The first-order chi connectivity index (χ1) is 12.3. The molecule has 0 aliphatic carbocycles. The van der Waals surface area contributed by atoms with E-state index in [-0.39, 0.29) is 22.9 Å². The van der Waals surface area contributed by atoms with Gasteiger partial charge in [-0.2, -0.15) is 4.31 Å². The number of benzene rings is 1. The molecule has 146 valence electrons. The van der Waals surface area contributed by atoms with Crippen molar-refractivity contribution >= 4 is 15.9 Å². The standard InChI is InChI=1S/C19H30N2O4S/c1-15(2)25-14-6-12-20-19(22)17-8-10-18(11-9-17)26(23,24)21-13-5-4-7-16(21)3/h8-11,15-16H,4-7,12-14H2,1-3H3,(H,20,22). The van der Waals surface area contributed by atoms with Gasteiger partial charge in [-0.15, -0.1) is 0 Å². The summed E-state index contributed by atoms with van der Waals surface area (Å²) >= 11 is 0. The van der Waals surface area contributed by atoms with Crippen molar-refractivity contribution in [3.8, 4) is 0 Å². The van der Waals surface area contributed by atoms with Gasteiger partial charge in [0, 0.05) is 31.3 Å². The zero-order valence-corrected chi connectivity index (χ0v) is 16.7. The van der Waals surface area contributed by atoms with Crippen LogP contribution >= 0.6 is 0 Å². The van der Waals surface area contributed by atoms with Crippen LogP contribution < -0.4 is 5.32 Å². The predicted molar refractivity (Wildman–Crippen MR) is 102 cm³/mol. The van der Waals surface area contributed by atoms with Gasteiger partial charge in [-0.1, -0.05) is 6.42 Å². The van der Waals surface area contributed by atoms with Crippen LogP contribution in [-0.4, -0.2) is 50.5 Å². The summed E-state index contributed by atoms with van der Waals surface area (Å²) in [5.41, 5.74) is 0.459. The minimum Gasteiger partial charge on any atom is -0.379 e. The Hall–Kier alpha value is -1.44. The number of rotatable bonds is 8. The molecule has 1 atom stereocenters. The third kappa shape index (κ3) is 5.53. The Labute approximate surface area is 157 Å². The fourth-order valence-corrected chi connectivity index (χ4v) is 4.74. The van der Waals surface area contributed by atoms with Crippen LogP contribution in [0.1, 0.15) is 56.8 Å². The number of carbonyl (C=O) groups excluding carboxylic acids is 1. The van der Waals surface area contributed by atoms with Crippen LogP contribution in [0.5, 0.6) is 0 Å². The number of sulfonamides is 1. The maximum Gasteiger partial charge on any atom is 0.251 e. The van der Waals surface area contributed by atoms with Crippen molar-refractivity contribution in [2.24, 2.45) is 0 Å². The largest absolute Gasteiger partial charge is 0.379 e. The quantitative estimate of drug-likeness (QED) is 0.702. The number of hydrogen-bond acceptors (Lipinski definition) is 4. The smallest absolute Gasteiger partial charge is 0.251 e. The number of nitrogens with zero attached hydrogens (tertiary/aromatic N) is 1. The van der Waals surface area contributed by atoms with Crippen LogP contribution in [0.25, 0.3) is 0 Å². The van der Waals surface area contributed by atoms with Crippen molar-refractivity contribution in [3.63, 3.8) is 0 Å². The van der Waals surface area contributed by atoms with Crippen LogP contribution in [0, 0.1) is 0 Å². The van der Waals surface area contributed by atoms with Crippen molar-refractivity contribution in [2.45, 2.75) is 63.5 Å². The van der Waals surface area contributed by atoms with E-state index in [9.17, 15) is 13.2 Å². The molecule has 1 aromatic carbocycles. The molecule has 0 aromatic heterocycles. The lowest BCUT2D eigenvalue weighted by Crippen LogP contribution is -2.41. The Morgan fingerprint density at radius 1 is 1.27 bits per heavy atom. The van der Waals surface area contributed by atoms with Gasteiger partial charge in [0.2, 0.25) is 10.0 Å². The molecule has 1 unspecified atom stereocenters. The number of piperidine rings is 1. The molecule has 7 heteroatoms. The highest BCUT2D eigenvalue weighted by Crippen LogP contribution is 2.25. The van der Waals surface area contributed by atoms with Crippen molar-refractivity contribution < 1.29 is 17.9 Å². The lowest BCUT2D eigenvalue weighted by molar-refractivity contribution is 0.0757. The molecule has 1 fully saturated rings. The normalized spacial score (nSPS) is 18.8. The van der Waals surface area contributed by atoms with Crippen LogP contribution in [0.4, 0.5) is 0 Å². The summed E-state index contributed by atoms with van der Waals surface area (Å²) in [7, 11) is -3.50. The van der Waals surface area contributed by atoms with Gasteiger partial charge in [-0.3, -0.25) is 4.79 Å². The van der Waals surface area contributed by atoms with Crippen LogP contribution in [0.2, 0.25) is 0 Å². The summed E-state index contributed by atoms with van der Waals surface area (Å²) in [6, 6.07) is 6.20. The average Bonchev–Trinajstić information content (AvgIpc) is 2.61. The van der Waals surface area contributed by atoms with Gasteiger partial charge in [0.05, 0.1) is 11.0 Å². The number of hydrogen-bond donors (Lipinski definition) is 1. The number of ether oxygens (including phenoxy) is 1. The molecule has 0 bridgehead atoms. The topological polar surface area (TPSA) is 75.7 Å².